The summed E-state index contributed by atoms with van der Waals surface area (Å²) >= 11 is 3.47. The van der Waals surface area contributed by atoms with Gasteiger partial charge in [-0.05, 0) is 0 Å². The number of hydrogen-bond donors (Lipinski definition) is 0. The second-order valence-electron chi connectivity index (χ2n) is 0.0707. The zero-order chi connectivity index (χ0) is 2.71. The molecule has 0 amide bonds. The third-order valence-corrected chi connectivity index (χ3v) is 0. The first-order valence-electron chi connectivity index (χ1n) is 0.382. The molecule has 29 valence electrons. The van der Waals surface area contributed by atoms with E-state index in [0.717, 1.165) is 0 Å². The van der Waals surface area contributed by atoms with Crippen molar-refractivity contribution in [3.05, 3.63) is 0 Å². The van der Waals surface area contributed by atoms with Gasteiger partial charge in [0.25, 0.3) is 0 Å². The van der Waals surface area contributed by atoms with Crippen LogP contribution in [0.1, 0.15) is 0 Å². The first-order valence-corrected chi connectivity index (χ1v) is 0.876. The van der Waals surface area contributed by atoms with Crippen LogP contribution in [0.4, 0.5) is 0 Å². The molecular weight excluding hydrogens is 143 g/mol. The third kappa shape index (κ3) is 23.7. The third-order valence-electron chi connectivity index (χ3n) is 0. The Morgan fingerprint density at radius 3 is 1.75 bits per heavy atom. The molecule has 0 saturated heterocycles. The molecule has 0 rings (SSSR count). The molecule has 0 aliphatic heterocycles. The van der Waals surface area contributed by atoms with Gasteiger partial charge in [-0.2, -0.15) is 0 Å². The molecule has 0 aliphatic carbocycles. The van der Waals surface area contributed by atoms with E-state index in [0.29, 0.717) is 0 Å². The van der Waals surface area contributed by atoms with Gasteiger partial charge in [0.05, 0.1) is 0 Å². The second kappa shape index (κ2) is 9.78. The van der Waals surface area contributed by atoms with E-state index in [2.05, 4.69) is 15.5 Å². The van der Waals surface area contributed by atoms with Crippen LogP contribution in [0.25, 0.3) is 0 Å². The van der Waals surface area contributed by atoms with Crippen LogP contribution in [0.2, 0.25) is 0 Å². The molecule has 4 heavy (non-hydrogen) atoms. The molecular formula is CNNi2. The fourth-order valence-corrected chi connectivity index (χ4v) is 0. The van der Waals surface area contributed by atoms with Crippen molar-refractivity contribution in [2.45, 2.75) is 0 Å². The molecule has 0 aromatic heterocycles. The summed E-state index contributed by atoms with van der Waals surface area (Å²) in [4.78, 5) is 0. The molecule has 0 radical (unpaired) electrons. The summed E-state index contributed by atoms with van der Waals surface area (Å²) in [6.07, 6.45) is 0. The average molecular weight is 143 g/mol. The van der Waals surface area contributed by atoms with Crippen molar-refractivity contribution in [1.82, 2.24) is 0 Å². The zero-order valence-corrected chi connectivity index (χ0v) is 3.55. The summed E-state index contributed by atoms with van der Waals surface area (Å²) in [5.41, 5.74) is 0. The van der Waals surface area contributed by atoms with E-state index < -0.39 is 0 Å². The predicted octanol–water partition coefficient (Wildman–Crippen LogP) is 0.0118. The maximum Gasteiger partial charge on any atom is 0 e. The van der Waals surface area contributed by atoms with Crippen LogP contribution in [-0.2, 0) is 32.0 Å². The van der Waals surface area contributed by atoms with Crippen LogP contribution in [-0.4, -0.2) is 0 Å². The van der Waals surface area contributed by atoms with Crippen LogP contribution in [0.5, 0.6) is 0 Å². The van der Waals surface area contributed by atoms with Crippen molar-refractivity contribution in [2.75, 3.05) is 0 Å². The Morgan fingerprint density at radius 2 is 1.75 bits per heavy atom. The van der Waals surface area contributed by atoms with Crippen LogP contribution < -0.4 is 0 Å². The summed E-state index contributed by atoms with van der Waals surface area (Å²) in [5, 5.41) is 8.53. The Morgan fingerprint density at radius 1 is 1.75 bits per heavy atom. The molecule has 0 atom stereocenters. The Balaban J connectivity index is 0. The minimum Gasteiger partial charge on any atom is 0 e. The topological polar surface area (TPSA) is 23.8 Å². The number of hydrogen-bond acceptors (Lipinski definition) is 1. The monoisotopic (exact) mass is 142 g/mol. The normalized spacial score (nSPS) is 2.25. The van der Waals surface area contributed by atoms with E-state index in [1.54, 1.807) is 0 Å². The van der Waals surface area contributed by atoms with Gasteiger partial charge in [0, 0.05) is 16.5 Å². The van der Waals surface area contributed by atoms with Gasteiger partial charge < -0.3 is 0 Å². The van der Waals surface area contributed by atoms with Crippen molar-refractivity contribution < 1.29 is 32.0 Å². The molecule has 0 aromatic rings. The van der Waals surface area contributed by atoms with Gasteiger partial charge in [0.2, 0.25) is 0 Å². The summed E-state index contributed by atoms with van der Waals surface area (Å²) in [6, 6.07) is 0. The summed E-state index contributed by atoms with van der Waals surface area (Å²) < 4.78 is 0. The standard InChI is InChI=1S/CN.2Ni/c1-2;;. The van der Waals surface area contributed by atoms with E-state index in [1.165, 1.54) is 5.04 Å². The fourth-order valence-electron chi connectivity index (χ4n) is 0. The Hall–Kier alpha value is 0.477. The number of nitrogens with zero attached hydrogens (tertiary/aromatic N) is 1. The minimum absolute atomic E-state index is 0. The van der Waals surface area contributed by atoms with Gasteiger partial charge in [-0.3, -0.25) is 0 Å². The Bertz CT molecular complexity index is 27.5. The summed E-state index contributed by atoms with van der Waals surface area (Å²) in [6.45, 7) is 0. The van der Waals surface area contributed by atoms with Gasteiger partial charge in [0.1, 0.15) is 0 Å². The van der Waals surface area contributed by atoms with Gasteiger partial charge in [-0.1, -0.05) is 0 Å². The molecule has 0 saturated carbocycles. The molecule has 0 unspecified atom stereocenters. The smallest absolute Gasteiger partial charge is 0 e. The van der Waals surface area contributed by atoms with E-state index in [4.69, 9.17) is 5.26 Å². The average Bonchev–Trinajstić information content (AvgIpc) is 0.918. The van der Waals surface area contributed by atoms with Gasteiger partial charge in [-0.25, -0.2) is 0 Å². The van der Waals surface area contributed by atoms with E-state index >= 15 is 0 Å². The molecule has 0 N–H and O–H groups in total. The maximum absolute atomic E-state index is 7.15. The molecule has 0 heterocycles. The zero-order valence-electron chi connectivity index (χ0n) is 1.58. The van der Waals surface area contributed by atoms with Crippen LogP contribution >= 0.6 is 0 Å². The van der Waals surface area contributed by atoms with Crippen molar-refractivity contribution in [3.63, 3.8) is 0 Å². The van der Waals surface area contributed by atoms with Gasteiger partial charge in [-0.15, -0.1) is 0 Å². The van der Waals surface area contributed by atoms with Crippen molar-refractivity contribution in [2.24, 2.45) is 0 Å². The first-order chi connectivity index (χ1) is 1.41. The molecule has 0 spiro atoms. The molecule has 0 fully saturated rings. The molecule has 0 aliphatic rings. The van der Waals surface area contributed by atoms with Gasteiger partial charge in [0.15, 0.2) is 0 Å². The maximum atomic E-state index is 7.15. The van der Waals surface area contributed by atoms with E-state index in [1.807, 2.05) is 0 Å². The predicted molar refractivity (Wildman–Crippen MR) is 5.61 cm³/mol. The summed E-state index contributed by atoms with van der Waals surface area (Å²) in [7, 11) is 0. The Labute approximate surface area is 42.7 Å². The summed E-state index contributed by atoms with van der Waals surface area (Å²) in [5.74, 6) is 0. The first kappa shape index (κ1) is 8.82. The van der Waals surface area contributed by atoms with Crippen LogP contribution in [0.3, 0.4) is 0 Å². The SMILES string of the molecule is N#[C][Ni].[Ni]. The Kier molecular flexibility index (Phi) is 21.6. The van der Waals surface area contributed by atoms with Crippen molar-refractivity contribution in [3.8, 4) is 5.04 Å². The number of rotatable bonds is 0. The largest absolute Gasteiger partial charge is 0 e. The van der Waals surface area contributed by atoms with Gasteiger partial charge >= 0.3 is 25.8 Å². The van der Waals surface area contributed by atoms with Crippen molar-refractivity contribution >= 4 is 0 Å². The number of nitriles is 1. The fraction of sp³-hybridized carbons (Fsp3) is 0. The molecule has 1 nitrogen and oxygen atoms in total. The van der Waals surface area contributed by atoms with Crippen LogP contribution in [0, 0.1) is 10.3 Å². The quantitative estimate of drug-likeness (QED) is 0.438. The molecule has 0 bridgehead atoms. The molecule has 3 heteroatoms. The van der Waals surface area contributed by atoms with Crippen molar-refractivity contribution in [1.29, 1.82) is 5.26 Å². The van der Waals surface area contributed by atoms with E-state index in [9.17, 15) is 0 Å². The van der Waals surface area contributed by atoms with Crippen LogP contribution in [0.15, 0.2) is 0 Å². The second-order valence-corrected chi connectivity index (χ2v) is 0.292. The minimum atomic E-state index is 0. The molecule has 0 aromatic carbocycles. The van der Waals surface area contributed by atoms with E-state index in [-0.39, 0.29) is 16.5 Å².